The van der Waals surface area contributed by atoms with Crippen LogP contribution in [-0.2, 0) is 0 Å². The van der Waals surface area contributed by atoms with E-state index in [4.69, 9.17) is 5.73 Å². The fourth-order valence-corrected chi connectivity index (χ4v) is 2.96. The monoisotopic (exact) mass is 291 g/mol. The number of nitro groups is 1. The van der Waals surface area contributed by atoms with Crippen LogP contribution in [0.2, 0.25) is 0 Å². The summed E-state index contributed by atoms with van der Waals surface area (Å²) in [4.78, 5) is 24.9. The maximum Gasteiger partial charge on any atom is 0.282 e. The topological polar surface area (TPSA) is 89.5 Å². The van der Waals surface area contributed by atoms with E-state index in [1.807, 2.05) is 0 Å². The Kier molecular flexibility index (Phi) is 4.90. The van der Waals surface area contributed by atoms with Gasteiger partial charge in [-0.2, -0.15) is 0 Å². The number of para-hydroxylation sites is 1. The summed E-state index contributed by atoms with van der Waals surface area (Å²) in [6, 6.07) is 6.06. The number of piperidine rings is 1. The van der Waals surface area contributed by atoms with Crippen LogP contribution in [0.5, 0.6) is 0 Å². The number of carbonyl (C=O) groups excluding carboxylic acids is 1. The molecule has 1 fully saturated rings. The molecule has 0 aromatic heterocycles. The van der Waals surface area contributed by atoms with E-state index in [1.165, 1.54) is 12.1 Å². The van der Waals surface area contributed by atoms with Gasteiger partial charge in [-0.1, -0.05) is 25.5 Å². The molecular weight excluding hydrogens is 270 g/mol. The van der Waals surface area contributed by atoms with Crippen molar-refractivity contribution in [3.63, 3.8) is 0 Å². The molecule has 1 aromatic rings. The third-order valence-corrected chi connectivity index (χ3v) is 4.27. The van der Waals surface area contributed by atoms with Gasteiger partial charge < -0.3 is 10.6 Å². The zero-order valence-corrected chi connectivity index (χ0v) is 12.2. The highest BCUT2D eigenvalue weighted by Gasteiger charge is 2.33. The zero-order valence-electron chi connectivity index (χ0n) is 12.2. The predicted molar refractivity (Wildman–Crippen MR) is 80.0 cm³/mol. The molecule has 1 aliphatic heterocycles. The van der Waals surface area contributed by atoms with Crippen LogP contribution in [0.1, 0.15) is 36.5 Å². The number of amides is 1. The van der Waals surface area contributed by atoms with E-state index in [9.17, 15) is 14.9 Å². The Morgan fingerprint density at radius 1 is 1.48 bits per heavy atom. The van der Waals surface area contributed by atoms with Crippen molar-refractivity contribution in [2.75, 3.05) is 13.1 Å². The van der Waals surface area contributed by atoms with Gasteiger partial charge >= 0.3 is 0 Å². The van der Waals surface area contributed by atoms with Crippen molar-refractivity contribution in [1.82, 2.24) is 4.90 Å². The Hall–Kier alpha value is -1.95. The SMILES string of the molecule is CCC1CCN(C(=O)c2ccccc2[N+](=O)[O-])C(CN)C1. The standard InChI is InChI=1S/C15H21N3O3/c1-2-11-7-8-17(12(9-11)10-16)15(19)13-5-3-4-6-14(13)18(20)21/h3-6,11-12H,2,7-10,16H2,1H3. The summed E-state index contributed by atoms with van der Waals surface area (Å²) >= 11 is 0. The number of hydrogen-bond donors (Lipinski definition) is 1. The van der Waals surface area contributed by atoms with Crippen LogP contribution >= 0.6 is 0 Å². The second-order valence-corrected chi connectivity index (χ2v) is 5.46. The van der Waals surface area contributed by atoms with Crippen LogP contribution in [0.25, 0.3) is 0 Å². The lowest BCUT2D eigenvalue weighted by molar-refractivity contribution is -0.385. The highest BCUT2D eigenvalue weighted by atomic mass is 16.6. The van der Waals surface area contributed by atoms with Gasteiger partial charge in [0.2, 0.25) is 0 Å². The first-order valence-corrected chi connectivity index (χ1v) is 7.32. The Labute approximate surface area is 124 Å². The number of nitro benzene ring substituents is 1. The third kappa shape index (κ3) is 3.21. The molecule has 2 atom stereocenters. The van der Waals surface area contributed by atoms with Crippen molar-refractivity contribution in [2.45, 2.75) is 32.2 Å². The van der Waals surface area contributed by atoms with Gasteiger partial charge in [-0.15, -0.1) is 0 Å². The van der Waals surface area contributed by atoms with Gasteiger partial charge in [-0.25, -0.2) is 0 Å². The van der Waals surface area contributed by atoms with Gasteiger partial charge in [-0.3, -0.25) is 14.9 Å². The fraction of sp³-hybridized carbons (Fsp3) is 0.533. The Balaban J connectivity index is 2.25. The molecule has 0 aliphatic carbocycles. The molecule has 2 unspecified atom stereocenters. The van der Waals surface area contributed by atoms with Gasteiger partial charge in [0.05, 0.1) is 4.92 Å². The number of benzene rings is 1. The Morgan fingerprint density at radius 2 is 2.19 bits per heavy atom. The molecule has 1 saturated heterocycles. The first-order valence-electron chi connectivity index (χ1n) is 7.32. The quantitative estimate of drug-likeness (QED) is 0.680. The second-order valence-electron chi connectivity index (χ2n) is 5.46. The summed E-state index contributed by atoms with van der Waals surface area (Å²) in [6.45, 7) is 3.14. The minimum Gasteiger partial charge on any atom is -0.334 e. The molecule has 0 bridgehead atoms. The molecule has 1 amide bonds. The van der Waals surface area contributed by atoms with Crippen molar-refractivity contribution in [3.8, 4) is 0 Å². The molecule has 6 heteroatoms. The average molecular weight is 291 g/mol. The number of carbonyl (C=O) groups is 1. The van der Waals surface area contributed by atoms with Gasteiger partial charge in [0, 0.05) is 25.2 Å². The summed E-state index contributed by atoms with van der Waals surface area (Å²) in [5.41, 5.74) is 5.80. The smallest absolute Gasteiger partial charge is 0.282 e. The van der Waals surface area contributed by atoms with E-state index in [0.29, 0.717) is 19.0 Å². The van der Waals surface area contributed by atoms with Gasteiger partial charge in [0.15, 0.2) is 0 Å². The first kappa shape index (κ1) is 15.4. The molecule has 1 heterocycles. The Bertz CT molecular complexity index is 533. The lowest BCUT2D eigenvalue weighted by Crippen LogP contribution is -2.49. The predicted octanol–water partition coefficient (Wildman–Crippen LogP) is 2.18. The largest absolute Gasteiger partial charge is 0.334 e. The molecule has 21 heavy (non-hydrogen) atoms. The number of likely N-dealkylation sites (tertiary alicyclic amines) is 1. The highest BCUT2D eigenvalue weighted by molar-refractivity contribution is 5.98. The van der Waals surface area contributed by atoms with E-state index in [2.05, 4.69) is 6.92 Å². The maximum absolute atomic E-state index is 12.7. The normalized spacial score (nSPS) is 22.1. The first-order chi connectivity index (χ1) is 10.1. The molecule has 0 radical (unpaired) electrons. The summed E-state index contributed by atoms with van der Waals surface area (Å²) < 4.78 is 0. The lowest BCUT2D eigenvalue weighted by atomic mass is 9.88. The van der Waals surface area contributed by atoms with Crippen molar-refractivity contribution in [1.29, 1.82) is 0 Å². The molecule has 2 N–H and O–H groups in total. The molecule has 1 aromatic carbocycles. The van der Waals surface area contributed by atoms with Crippen molar-refractivity contribution in [2.24, 2.45) is 11.7 Å². The summed E-state index contributed by atoms with van der Waals surface area (Å²) in [5.74, 6) is 0.292. The van der Waals surface area contributed by atoms with E-state index >= 15 is 0 Å². The third-order valence-electron chi connectivity index (χ3n) is 4.27. The average Bonchev–Trinajstić information content (AvgIpc) is 2.53. The molecule has 0 spiro atoms. The van der Waals surface area contributed by atoms with E-state index < -0.39 is 4.92 Å². The second kappa shape index (κ2) is 6.67. The van der Waals surface area contributed by atoms with Crippen LogP contribution in [0.4, 0.5) is 5.69 Å². The summed E-state index contributed by atoms with van der Waals surface area (Å²) in [7, 11) is 0. The fourth-order valence-electron chi connectivity index (χ4n) is 2.96. The minimum absolute atomic E-state index is 0.0315. The number of nitrogens with zero attached hydrogens (tertiary/aromatic N) is 2. The molecule has 6 nitrogen and oxygen atoms in total. The summed E-state index contributed by atoms with van der Waals surface area (Å²) in [5, 5.41) is 11.1. The molecule has 1 aliphatic rings. The van der Waals surface area contributed by atoms with Gasteiger partial charge in [0.25, 0.3) is 11.6 Å². The minimum atomic E-state index is -0.510. The van der Waals surface area contributed by atoms with E-state index in [1.54, 1.807) is 17.0 Å². The van der Waals surface area contributed by atoms with Crippen molar-refractivity contribution in [3.05, 3.63) is 39.9 Å². The molecule has 2 rings (SSSR count). The highest BCUT2D eigenvalue weighted by Crippen LogP contribution is 2.28. The molecule has 114 valence electrons. The summed E-state index contributed by atoms with van der Waals surface area (Å²) in [6.07, 6.45) is 2.88. The van der Waals surface area contributed by atoms with Gasteiger partial charge in [-0.05, 0) is 24.8 Å². The number of hydrogen-bond acceptors (Lipinski definition) is 4. The number of rotatable bonds is 4. The lowest BCUT2D eigenvalue weighted by Gasteiger charge is -2.38. The zero-order chi connectivity index (χ0) is 15.4. The van der Waals surface area contributed by atoms with Crippen molar-refractivity contribution < 1.29 is 9.72 Å². The van der Waals surface area contributed by atoms with Crippen molar-refractivity contribution >= 4 is 11.6 Å². The van der Waals surface area contributed by atoms with Gasteiger partial charge in [0.1, 0.15) is 5.56 Å². The van der Waals surface area contributed by atoms with E-state index in [0.717, 1.165) is 19.3 Å². The van der Waals surface area contributed by atoms with Crippen LogP contribution in [0.15, 0.2) is 24.3 Å². The van der Waals surface area contributed by atoms with Crippen LogP contribution < -0.4 is 5.73 Å². The van der Waals surface area contributed by atoms with Crippen LogP contribution in [-0.4, -0.2) is 34.9 Å². The molecular formula is C15H21N3O3. The maximum atomic E-state index is 12.7. The van der Waals surface area contributed by atoms with Crippen LogP contribution in [0.3, 0.4) is 0 Å². The van der Waals surface area contributed by atoms with Crippen LogP contribution in [0, 0.1) is 16.0 Å². The number of nitrogens with two attached hydrogens (primary N) is 1. The Morgan fingerprint density at radius 3 is 2.81 bits per heavy atom. The molecule has 0 saturated carbocycles. The van der Waals surface area contributed by atoms with E-state index in [-0.39, 0.29) is 23.2 Å².